The summed E-state index contributed by atoms with van der Waals surface area (Å²) in [4.78, 5) is 18.8. The topological polar surface area (TPSA) is 47.0 Å². The molecule has 3 rings (SSSR count). The molecule has 2 heterocycles. The van der Waals surface area contributed by atoms with E-state index in [9.17, 15) is 9.90 Å². The lowest BCUT2D eigenvalue weighted by Crippen LogP contribution is -2.50. The molecule has 1 saturated carbocycles. The molecule has 2 aliphatic heterocycles. The number of nitrogens with zero attached hydrogens (tertiary/aromatic N) is 3. The van der Waals surface area contributed by atoms with Gasteiger partial charge in [0.1, 0.15) is 6.04 Å². The Morgan fingerprint density at radius 3 is 2.52 bits per heavy atom. The molecular formula is C16H29N3O2. The van der Waals surface area contributed by atoms with Gasteiger partial charge in [-0.25, -0.2) is 0 Å². The Labute approximate surface area is 127 Å². The summed E-state index contributed by atoms with van der Waals surface area (Å²) >= 11 is 0. The van der Waals surface area contributed by atoms with Crippen LogP contribution >= 0.6 is 0 Å². The zero-order valence-corrected chi connectivity index (χ0v) is 13.2. The SMILES string of the molecule is CN1CCN(CCN2C(C(=O)O)CC3CCCCC32)CC1. The van der Waals surface area contributed by atoms with E-state index in [2.05, 4.69) is 21.7 Å². The highest BCUT2D eigenvalue weighted by atomic mass is 16.4. The number of rotatable bonds is 4. The van der Waals surface area contributed by atoms with Gasteiger partial charge in [0.15, 0.2) is 0 Å². The molecule has 3 fully saturated rings. The van der Waals surface area contributed by atoms with Crippen molar-refractivity contribution in [3.63, 3.8) is 0 Å². The van der Waals surface area contributed by atoms with Crippen molar-refractivity contribution in [1.82, 2.24) is 14.7 Å². The highest BCUT2D eigenvalue weighted by molar-refractivity contribution is 5.74. The summed E-state index contributed by atoms with van der Waals surface area (Å²) in [5.74, 6) is 0.0233. The lowest BCUT2D eigenvalue weighted by atomic mass is 9.85. The molecule has 1 aliphatic carbocycles. The van der Waals surface area contributed by atoms with Crippen molar-refractivity contribution in [3.05, 3.63) is 0 Å². The van der Waals surface area contributed by atoms with Gasteiger partial charge in [-0.2, -0.15) is 0 Å². The normalized spacial score (nSPS) is 35.8. The molecule has 120 valence electrons. The average Bonchev–Trinajstić information content (AvgIpc) is 2.86. The second-order valence-corrected chi connectivity index (χ2v) is 7.08. The maximum atomic E-state index is 11.6. The molecule has 0 aromatic rings. The maximum absolute atomic E-state index is 11.6. The fraction of sp³-hybridized carbons (Fsp3) is 0.938. The number of likely N-dealkylation sites (N-methyl/N-ethyl adjacent to an activating group) is 1. The van der Waals surface area contributed by atoms with E-state index in [0.29, 0.717) is 12.0 Å². The molecule has 5 heteroatoms. The number of hydrogen-bond donors (Lipinski definition) is 1. The average molecular weight is 295 g/mol. The summed E-state index contributed by atoms with van der Waals surface area (Å²) in [5, 5.41) is 9.54. The summed E-state index contributed by atoms with van der Waals surface area (Å²) in [5.41, 5.74) is 0. The Morgan fingerprint density at radius 1 is 1.10 bits per heavy atom. The third-order valence-electron chi connectivity index (χ3n) is 5.78. The highest BCUT2D eigenvalue weighted by Crippen LogP contribution is 2.39. The number of hydrogen-bond acceptors (Lipinski definition) is 4. The predicted octanol–water partition coefficient (Wildman–Crippen LogP) is 0.952. The van der Waals surface area contributed by atoms with Gasteiger partial charge in [0, 0.05) is 45.3 Å². The largest absolute Gasteiger partial charge is 0.480 e. The number of carboxylic acid groups (broad SMARTS) is 1. The third-order valence-corrected chi connectivity index (χ3v) is 5.78. The summed E-state index contributed by atoms with van der Waals surface area (Å²) in [6.45, 7) is 6.47. The van der Waals surface area contributed by atoms with E-state index in [1.807, 2.05) is 0 Å². The van der Waals surface area contributed by atoms with Crippen LogP contribution in [0.5, 0.6) is 0 Å². The van der Waals surface area contributed by atoms with Gasteiger partial charge in [0.2, 0.25) is 0 Å². The first-order valence-electron chi connectivity index (χ1n) is 8.54. The minimum absolute atomic E-state index is 0.231. The van der Waals surface area contributed by atoms with Gasteiger partial charge >= 0.3 is 5.97 Å². The second-order valence-electron chi connectivity index (χ2n) is 7.08. The van der Waals surface area contributed by atoms with Crippen molar-refractivity contribution >= 4 is 5.97 Å². The molecule has 0 aromatic heterocycles. The van der Waals surface area contributed by atoms with E-state index < -0.39 is 5.97 Å². The molecule has 3 atom stereocenters. The first kappa shape index (κ1) is 15.3. The lowest BCUT2D eigenvalue weighted by Gasteiger charge is -2.36. The first-order chi connectivity index (χ1) is 10.1. The van der Waals surface area contributed by atoms with Crippen molar-refractivity contribution in [1.29, 1.82) is 0 Å². The van der Waals surface area contributed by atoms with Crippen LogP contribution in [0, 0.1) is 5.92 Å². The van der Waals surface area contributed by atoms with Crippen LogP contribution < -0.4 is 0 Å². The molecule has 1 N–H and O–H groups in total. The summed E-state index contributed by atoms with van der Waals surface area (Å²) in [6, 6.07) is 0.304. The number of carboxylic acids is 1. The van der Waals surface area contributed by atoms with Gasteiger partial charge in [-0.05, 0) is 32.2 Å². The van der Waals surface area contributed by atoms with Crippen LogP contribution in [-0.2, 0) is 4.79 Å². The first-order valence-corrected chi connectivity index (χ1v) is 8.54. The van der Waals surface area contributed by atoms with E-state index in [4.69, 9.17) is 0 Å². The zero-order valence-electron chi connectivity index (χ0n) is 13.2. The third kappa shape index (κ3) is 3.41. The molecule has 0 spiro atoms. The number of likely N-dealkylation sites (tertiary alicyclic amines) is 1. The van der Waals surface area contributed by atoms with Crippen molar-refractivity contribution in [3.8, 4) is 0 Å². The number of fused-ring (bicyclic) bond motifs is 1. The Bertz CT molecular complexity index is 369. The molecule has 0 bridgehead atoms. The molecule has 0 aromatic carbocycles. The van der Waals surface area contributed by atoms with Crippen molar-refractivity contribution < 1.29 is 9.90 Å². The Kier molecular flexibility index (Phi) is 4.82. The van der Waals surface area contributed by atoms with Gasteiger partial charge in [0.05, 0.1) is 0 Å². The number of carbonyl (C=O) groups is 1. The van der Waals surface area contributed by atoms with Crippen LogP contribution in [0.3, 0.4) is 0 Å². The van der Waals surface area contributed by atoms with Crippen LogP contribution in [0.4, 0.5) is 0 Å². The zero-order chi connectivity index (χ0) is 14.8. The van der Waals surface area contributed by atoms with Crippen molar-refractivity contribution in [2.45, 2.75) is 44.2 Å². The van der Waals surface area contributed by atoms with Crippen LogP contribution in [0.15, 0.2) is 0 Å². The monoisotopic (exact) mass is 295 g/mol. The Hall–Kier alpha value is -0.650. The number of piperazine rings is 1. The van der Waals surface area contributed by atoms with Crippen LogP contribution in [0.2, 0.25) is 0 Å². The van der Waals surface area contributed by atoms with Crippen LogP contribution in [0.25, 0.3) is 0 Å². The molecule has 3 aliphatic rings. The van der Waals surface area contributed by atoms with Crippen molar-refractivity contribution in [2.24, 2.45) is 5.92 Å². The lowest BCUT2D eigenvalue weighted by molar-refractivity contribution is -0.142. The summed E-state index contributed by atoms with van der Waals surface area (Å²) in [6.07, 6.45) is 5.89. The Morgan fingerprint density at radius 2 is 1.81 bits per heavy atom. The maximum Gasteiger partial charge on any atom is 0.320 e. The van der Waals surface area contributed by atoms with Gasteiger partial charge in [-0.3, -0.25) is 14.6 Å². The number of aliphatic carboxylic acids is 1. The molecule has 2 saturated heterocycles. The minimum atomic E-state index is -0.609. The standard InChI is InChI=1S/C16H29N3O2/c1-17-6-8-18(9-7-17)10-11-19-14-5-3-2-4-13(14)12-15(19)16(20)21/h13-15H,2-12H2,1H3,(H,20,21). The Balaban J connectivity index is 1.57. The van der Waals surface area contributed by atoms with Crippen molar-refractivity contribution in [2.75, 3.05) is 46.3 Å². The predicted molar refractivity (Wildman–Crippen MR) is 82.4 cm³/mol. The molecule has 0 amide bonds. The fourth-order valence-electron chi connectivity index (χ4n) is 4.45. The molecule has 3 unspecified atom stereocenters. The van der Waals surface area contributed by atoms with E-state index >= 15 is 0 Å². The van der Waals surface area contributed by atoms with Crippen LogP contribution in [-0.4, -0.2) is 84.2 Å². The van der Waals surface area contributed by atoms with Gasteiger partial charge < -0.3 is 10.0 Å². The molecular weight excluding hydrogens is 266 g/mol. The van der Waals surface area contributed by atoms with E-state index in [-0.39, 0.29) is 6.04 Å². The fourth-order valence-corrected chi connectivity index (χ4v) is 4.45. The summed E-state index contributed by atoms with van der Waals surface area (Å²) in [7, 11) is 2.17. The van der Waals surface area contributed by atoms with E-state index in [1.165, 1.54) is 25.7 Å². The van der Waals surface area contributed by atoms with Gasteiger partial charge in [-0.1, -0.05) is 12.8 Å². The van der Waals surface area contributed by atoms with Crippen LogP contribution in [0.1, 0.15) is 32.1 Å². The smallest absolute Gasteiger partial charge is 0.320 e. The molecule has 21 heavy (non-hydrogen) atoms. The molecule has 5 nitrogen and oxygen atoms in total. The molecule has 0 radical (unpaired) electrons. The summed E-state index contributed by atoms with van der Waals surface area (Å²) < 4.78 is 0. The van der Waals surface area contributed by atoms with Gasteiger partial charge in [-0.15, -0.1) is 0 Å². The van der Waals surface area contributed by atoms with Gasteiger partial charge in [0.25, 0.3) is 0 Å². The van der Waals surface area contributed by atoms with E-state index in [0.717, 1.165) is 45.7 Å². The quantitative estimate of drug-likeness (QED) is 0.837. The highest BCUT2D eigenvalue weighted by Gasteiger charge is 2.44. The second kappa shape index (κ2) is 6.63. The minimum Gasteiger partial charge on any atom is -0.480 e. The van der Waals surface area contributed by atoms with E-state index in [1.54, 1.807) is 0 Å².